The van der Waals surface area contributed by atoms with Crippen molar-refractivity contribution in [1.82, 2.24) is 0 Å². The van der Waals surface area contributed by atoms with E-state index in [4.69, 9.17) is 47.8 Å². The first kappa shape index (κ1) is 30.9. The molecule has 0 amide bonds. The standard InChI is InChI=1S/5Cr.12O/q;;;;;;;;;;;6*-1. The van der Waals surface area contributed by atoms with Crippen LogP contribution in [0.15, 0.2) is 0 Å². The van der Waals surface area contributed by atoms with Crippen LogP contribution in [0.2, 0.25) is 0 Å². The van der Waals surface area contributed by atoms with Crippen LogP contribution in [-0.4, -0.2) is 0 Å². The monoisotopic (exact) mass is 452 g/mol. The maximum absolute atomic E-state index is 8.59. The third kappa shape index (κ3) is 2670. The van der Waals surface area contributed by atoms with Crippen LogP contribution in [0.3, 0.4) is 0 Å². The van der Waals surface area contributed by atoms with Crippen LogP contribution in [0.1, 0.15) is 0 Å². The van der Waals surface area contributed by atoms with E-state index in [2.05, 4.69) is 0 Å². The van der Waals surface area contributed by atoms with Crippen LogP contribution >= 0.6 is 0 Å². The molecule has 0 unspecified atom stereocenters. The molecule has 0 aliphatic carbocycles. The van der Waals surface area contributed by atoms with E-state index in [9.17, 15) is 0 Å². The third-order valence-electron chi connectivity index (χ3n) is 0. The Morgan fingerprint density at radius 1 is 0.412 bits per heavy atom. The van der Waals surface area contributed by atoms with E-state index >= 15 is 0 Å². The summed E-state index contributed by atoms with van der Waals surface area (Å²) in [5, 5.41) is 0. The predicted molar refractivity (Wildman–Crippen MR) is 4.12 cm³/mol. The van der Waals surface area contributed by atoms with Gasteiger partial charge in [-0.05, 0) is 0 Å². The molecule has 0 rings (SSSR count). The molecule has 0 heterocycles. The molecule has 0 fully saturated rings. The van der Waals surface area contributed by atoms with Crippen molar-refractivity contribution in [2.45, 2.75) is 0 Å². The zero-order chi connectivity index (χ0) is 13.5. The Morgan fingerprint density at radius 3 is 0.412 bits per heavy atom. The topological polar surface area (TPSA) is 241 Å². The molecule has 0 saturated carbocycles. The molecule has 0 aromatic rings. The fourth-order valence-corrected chi connectivity index (χ4v) is 0. The molecule has 0 aliphatic rings. The molecule has 0 saturated heterocycles. The zero-order valence-electron chi connectivity index (χ0n) is 6.94. The summed E-state index contributed by atoms with van der Waals surface area (Å²) in [6.45, 7) is 0. The second-order valence-electron chi connectivity index (χ2n) is 1.22. The number of hydrogen-bond acceptors (Lipinski definition) is 12. The van der Waals surface area contributed by atoms with Crippen LogP contribution < -0.4 is 24.9 Å². The molecule has 17 heteroatoms. The molecule has 0 bridgehead atoms. The van der Waals surface area contributed by atoms with Gasteiger partial charge in [-0.3, -0.25) is 0 Å². The zero-order valence-corrected chi connectivity index (χ0v) is 13.3. The summed E-state index contributed by atoms with van der Waals surface area (Å²) in [5.74, 6) is 0. The van der Waals surface area contributed by atoms with Crippen LogP contribution in [0, 0.1) is 0 Å². The molecule has 0 atom stereocenters. The second kappa shape index (κ2) is 12.3. The quantitative estimate of drug-likeness (QED) is 0.333. The fraction of sp³-hybridized carbons (Fsp3) is 0. The molecule has 0 N–H and O–H groups in total. The molecule has 17 heavy (non-hydrogen) atoms. The van der Waals surface area contributed by atoms with Gasteiger partial charge in [-0.15, -0.1) is 0 Å². The van der Waals surface area contributed by atoms with Crippen LogP contribution in [0.5, 0.6) is 0 Å². The first-order chi connectivity index (χ1) is 6.00. The summed E-state index contributed by atoms with van der Waals surface area (Å²) in [5.41, 5.74) is 0. The van der Waals surface area contributed by atoms with Crippen LogP contribution in [0.25, 0.3) is 0 Å². The van der Waals surface area contributed by atoms with Gasteiger partial charge in [0.15, 0.2) is 0 Å². The molecular weight excluding hydrogens is 452 g/mol. The normalized spacial score (nSPS) is 10.2. The number of rotatable bonds is 0. The minimum atomic E-state index is -5.75. The Morgan fingerprint density at radius 2 is 0.412 bits per heavy atom. The van der Waals surface area contributed by atoms with E-state index < -0.39 is 40.8 Å². The summed E-state index contributed by atoms with van der Waals surface area (Å²) in [6, 6.07) is 0. The Hall–Kier alpha value is 1.22. The van der Waals surface area contributed by atoms with Gasteiger partial charge in [0.1, 0.15) is 0 Å². The van der Waals surface area contributed by atoms with Crippen molar-refractivity contribution in [3.05, 3.63) is 0 Å². The van der Waals surface area contributed by atoms with Crippen molar-refractivity contribution in [3.8, 4) is 0 Å². The van der Waals surface area contributed by atoms with Gasteiger partial charge < -0.3 is 0 Å². The van der Waals surface area contributed by atoms with Gasteiger partial charge in [-0.2, -0.15) is 0 Å². The van der Waals surface area contributed by atoms with Crippen molar-refractivity contribution in [1.29, 1.82) is 0 Å². The molecule has 0 aliphatic heterocycles. The Bertz CT molecular complexity index is 336. The SMILES string of the molecule is [Cr].[Cr].[O]=[Cr](=[O])([O-])[O-].[O]=[Cr](=[O])([O-])[O-].[O]=[Cr](=[O])([O-])[O-]. The molecule has 0 spiro atoms. The van der Waals surface area contributed by atoms with Crippen molar-refractivity contribution in [2.75, 3.05) is 0 Å². The van der Waals surface area contributed by atoms with E-state index in [0.717, 1.165) is 0 Å². The van der Waals surface area contributed by atoms with Crippen LogP contribution in [0.4, 0.5) is 0 Å². The van der Waals surface area contributed by atoms with E-state index in [1.165, 1.54) is 0 Å². The molecule has 0 aromatic heterocycles. The van der Waals surface area contributed by atoms with Gasteiger partial charge in [0.25, 0.3) is 0 Å². The molecular formula is Cr5O12-6. The average molecular weight is 452 g/mol. The Balaban J connectivity index is -0.0000000400. The third-order valence-corrected chi connectivity index (χ3v) is 0. The summed E-state index contributed by atoms with van der Waals surface area (Å²) < 4.78 is 103. The van der Waals surface area contributed by atoms with E-state index in [1.807, 2.05) is 0 Å². The Kier molecular flexibility index (Phi) is 22.3. The summed E-state index contributed by atoms with van der Waals surface area (Å²) in [7, 11) is 0. The van der Waals surface area contributed by atoms with E-state index in [1.54, 1.807) is 0 Å². The minimum absolute atomic E-state index is 0. The number of hydrogen-bond donors (Lipinski definition) is 0. The predicted octanol–water partition coefficient (Wildman–Crippen LogP) is -7.86. The van der Waals surface area contributed by atoms with Crippen molar-refractivity contribution in [3.63, 3.8) is 0 Å². The maximum atomic E-state index is 8.59. The summed E-state index contributed by atoms with van der Waals surface area (Å²) >= 11 is -17.2. The van der Waals surface area contributed by atoms with Gasteiger partial charge in [-0.25, -0.2) is 0 Å². The first-order valence-corrected chi connectivity index (χ1v) is 8.25. The molecule has 0 aromatic carbocycles. The van der Waals surface area contributed by atoms with Crippen molar-refractivity contribution >= 4 is 0 Å². The van der Waals surface area contributed by atoms with Crippen molar-refractivity contribution in [2.24, 2.45) is 0 Å². The molecule has 0 radical (unpaired) electrons. The van der Waals surface area contributed by atoms with Gasteiger partial charge >= 0.3 is 88.6 Å². The fourth-order valence-electron chi connectivity index (χ4n) is 0. The first-order valence-electron chi connectivity index (χ1n) is 2.00. The van der Waals surface area contributed by atoms with Gasteiger partial charge in [0.2, 0.25) is 0 Å². The van der Waals surface area contributed by atoms with E-state index in [-0.39, 0.29) is 34.7 Å². The molecule has 12 nitrogen and oxygen atoms in total. The van der Waals surface area contributed by atoms with Crippen molar-refractivity contribution < 1.29 is 123 Å². The second-order valence-corrected chi connectivity index (χ2v) is 5.05. The molecule has 108 valence electrons. The Labute approximate surface area is 122 Å². The summed E-state index contributed by atoms with van der Waals surface area (Å²) in [4.78, 5) is 0. The average Bonchev–Trinajstić information content (AvgIpc) is 1.41. The van der Waals surface area contributed by atoms with Gasteiger partial charge in [0.05, 0.1) is 0 Å². The summed E-state index contributed by atoms with van der Waals surface area (Å²) in [6.07, 6.45) is 0. The van der Waals surface area contributed by atoms with Gasteiger partial charge in [-0.1, -0.05) is 0 Å². The van der Waals surface area contributed by atoms with E-state index in [0.29, 0.717) is 0 Å². The van der Waals surface area contributed by atoms with Crippen LogP contribution in [-0.2, 0) is 98.4 Å². The van der Waals surface area contributed by atoms with Gasteiger partial charge in [0, 0.05) is 34.7 Å².